The molecule has 7 heteroatoms. The number of amides is 3. The minimum absolute atomic E-state index is 0.0670. The first-order valence-corrected chi connectivity index (χ1v) is 6.53. The van der Waals surface area contributed by atoms with Crippen molar-refractivity contribution in [1.82, 2.24) is 15.1 Å². The van der Waals surface area contributed by atoms with E-state index in [1.54, 1.807) is 16.8 Å². The number of aliphatic carboxylic acids is 1. The lowest BCUT2D eigenvalue weighted by Gasteiger charge is -2.23. The zero-order chi connectivity index (χ0) is 14.0. The van der Waals surface area contributed by atoms with Crippen molar-refractivity contribution < 1.29 is 19.5 Å². The van der Waals surface area contributed by atoms with Crippen molar-refractivity contribution in [2.75, 3.05) is 20.1 Å². The van der Waals surface area contributed by atoms with Crippen LogP contribution in [-0.2, 0) is 9.59 Å². The lowest BCUT2D eigenvalue weighted by Crippen LogP contribution is -2.48. The van der Waals surface area contributed by atoms with E-state index in [4.69, 9.17) is 5.11 Å². The molecule has 106 valence electrons. The molecular weight excluding hydrogens is 250 g/mol. The van der Waals surface area contributed by atoms with Gasteiger partial charge in [-0.2, -0.15) is 0 Å². The van der Waals surface area contributed by atoms with Gasteiger partial charge in [0.2, 0.25) is 5.91 Å². The molecule has 0 aromatic rings. The molecule has 3 amide bonds. The summed E-state index contributed by atoms with van der Waals surface area (Å²) in [6, 6.07) is -0.658. The quantitative estimate of drug-likeness (QED) is 0.727. The van der Waals surface area contributed by atoms with Crippen LogP contribution in [0.2, 0.25) is 0 Å². The Kier molecular flexibility index (Phi) is 3.92. The molecule has 2 rings (SSSR count). The normalized spacial score (nSPS) is 22.5. The maximum atomic E-state index is 12.1. The van der Waals surface area contributed by atoms with Gasteiger partial charge < -0.3 is 20.2 Å². The van der Waals surface area contributed by atoms with Crippen LogP contribution in [0.25, 0.3) is 0 Å². The van der Waals surface area contributed by atoms with Crippen LogP contribution >= 0.6 is 0 Å². The molecule has 1 saturated carbocycles. The molecule has 2 fully saturated rings. The molecule has 19 heavy (non-hydrogen) atoms. The Labute approximate surface area is 111 Å². The molecule has 7 nitrogen and oxygen atoms in total. The van der Waals surface area contributed by atoms with E-state index >= 15 is 0 Å². The average Bonchev–Trinajstić information content (AvgIpc) is 3.12. The highest BCUT2D eigenvalue weighted by Gasteiger charge is 2.36. The van der Waals surface area contributed by atoms with Gasteiger partial charge in [-0.3, -0.25) is 9.59 Å². The third kappa shape index (κ3) is 3.36. The highest BCUT2D eigenvalue weighted by atomic mass is 16.4. The van der Waals surface area contributed by atoms with Crippen molar-refractivity contribution in [3.63, 3.8) is 0 Å². The summed E-state index contributed by atoms with van der Waals surface area (Å²) >= 11 is 0. The predicted octanol–water partition coefficient (Wildman–Crippen LogP) is -0.134. The molecule has 1 heterocycles. The Morgan fingerprint density at radius 2 is 2.11 bits per heavy atom. The summed E-state index contributed by atoms with van der Waals surface area (Å²) in [5.74, 6) is -1.00. The number of rotatable bonds is 5. The zero-order valence-electron chi connectivity index (χ0n) is 11.0. The molecule has 0 radical (unpaired) electrons. The molecular formula is C12H19N3O4. The van der Waals surface area contributed by atoms with E-state index in [-0.39, 0.29) is 30.9 Å². The summed E-state index contributed by atoms with van der Waals surface area (Å²) in [5.41, 5.74) is 0. The first-order chi connectivity index (χ1) is 8.99. The molecule has 1 aliphatic carbocycles. The second-order valence-electron chi connectivity index (χ2n) is 5.12. The molecule has 2 N–H and O–H groups in total. The molecule has 0 bridgehead atoms. The van der Waals surface area contributed by atoms with E-state index in [0.29, 0.717) is 13.0 Å². The van der Waals surface area contributed by atoms with Crippen LogP contribution in [0.15, 0.2) is 0 Å². The Morgan fingerprint density at radius 1 is 1.42 bits per heavy atom. The molecule has 0 aromatic heterocycles. The van der Waals surface area contributed by atoms with Crippen LogP contribution in [0.4, 0.5) is 4.79 Å². The molecule has 0 aromatic carbocycles. The van der Waals surface area contributed by atoms with Crippen molar-refractivity contribution >= 4 is 17.9 Å². The molecule has 1 aliphatic heterocycles. The van der Waals surface area contributed by atoms with Crippen LogP contribution in [0.5, 0.6) is 0 Å². The summed E-state index contributed by atoms with van der Waals surface area (Å²) in [6.07, 6.45) is 2.36. The van der Waals surface area contributed by atoms with Crippen LogP contribution in [0, 0.1) is 0 Å². The predicted molar refractivity (Wildman–Crippen MR) is 66.6 cm³/mol. The van der Waals surface area contributed by atoms with Crippen molar-refractivity contribution in [2.24, 2.45) is 0 Å². The number of carboxylic acids is 1. The van der Waals surface area contributed by atoms with E-state index in [9.17, 15) is 14.4 Å². The lowest BCUT2D eigenvalue weighted by molar-refractivity contribution is -0.137. The topological polar surface area (TPSA) is 90.0 Å². The third-order valence-electron chi connectivity index (χ3n) is 3.54. The van der Waals surface area contributed by atoms with Gasteiger partial charge in [0.25, 0.3) is 0 Å². The zero-order valence-corrected chi connectivity index (χ0v) is 11.0. The van der Waals surface area contributed by atoms with Gasteiger partial charge in [-0.25, -0.2) is 4.79 Å². The molecule has 1 unspecified atom stereocenters. The fraction of sp³-hybridized carbons (Fsp3) is 0.750. The largest absolute Gasteiger partial charge is 0.481 e. The van der Waals surface area contributed by atoms with Gasteiger partial charge in [-0.15, -0.1) is 0 Å². The number of nitrogens with one attached hydrogen (secondary N) is 1. The molecule has 0 spiro atoms. The average molecular weight is 269 g/mol. The number of hydrogen-bond donors (Lipinski definition) is 2. The number of likely N-dealkylation sites (tertiary alicyclic amines) is 1. The number of urea groups is 1. The van der Waals surface area contributed by atoms with E-state index < -0.39 is 12.0 Å². The highest BCUT2D eigenvalue weighted by Crippen LogP contribution is 2.27. The van der Waals surface area contributed by atoms with Gasteiger partial charge in [-0.05, 0) is 19.3 Å². The maximum Gasteiger partial charge on any atom is 0.318 e. The van der Waals surface area contributed by atoms with E-state index in [2.05, 4.69) is 5.32 Å². The molecule has 1 saturated heterocycles. The molecule has 2 aliphatic rings. The molecule has 1 atom stereocenters. The van der Waals surface area contributed by atoms with Crippen molar-refractivity contribution in [3.8, 4) is 0 Å². The van der Waals surface area contributed by atoms with Crippen molar-refractivity contribution in [2.45, 2.75) is 37.8 Å². The SMILES string of the molecule is CN1CCC(NC(=O)N(CCC(=O)O)C2CC2)C1=O. The Balaban J connectivity index is 1.88. The second kappa shape index (κ2) is 5.46. The van der Waals surface area contributed by atoms with Gasteiger partial charge in [-0.1, -0.05) is 0 Å². The first kappa shape index (κ1) is 13.6. The number of nitrogens with zero attached hydrogens (tertiary/aromatic N) is 2. The standard InChI is InChI=1S/C12H19N3O4/c1-14-6-4-9(11(14)18)13-12(19)15(8-2-3-8)7-5-10(16)17/h8-9H,2-7H2,1H3,(H,13,19)(H,16,17). The number of hydrogen-bond acceptors (Lipinski definition) is 3. The number of carboxylic acid groups (broad SMARTS) is 1. The Morgan fingerprint density at radius 3 is 2.58 bits per heavy atom. The third-order valence-corrected chi connectivity index (χ3v) is 3.54. The lowest BCUT2D eigenvalue weighted by atomic mass is 10.2. The summed E-state index contributed by atoms with van der Waals surface area (Å²) in [5, 5.41) is 11.4. The monoisotopic (exact) mass is 269 g/mol. The number of likely N-dealkylation sites (N-methyl/N-ethyl adjacent to an activating group) is 1. The maximum absolute atomic E-state index is 12.1. The fourth-order valence-electron chi connectivity index (χ4n) is 2.24. The van der Waals surface area contributed by atoms with Gasteiger partial charge in [0, 0.05) is 26.2 Å². The van der Waals surface area contributed by atoms with Crippen LogP contribution in [0.1, 0.15) is 25.7 Å². The Hall–Kier alpha value is -1.79. The van der Waals surface area contributed by atoms with Gasteiger partial charge in [0.05, 0.1) is 6.42 Å². The second-order valence-corrected chi connectivity index (χ2v) is 5.12. The summed E-state index contributed by atoms with van der Waals surface area (Å²) < 4.78 is 0. The van der Waals surface area contributed by atoms with Crippen molar-refractivity contribution in [1.29, 1.82) is 0 Å². The van der Waals surface area contributed by atoms with E-state index in [0.717, 1.165) is 12.8 Å². The van der Waals surface area contributed by atoms with Gasteiger partial charge >= 0.3 is 12.0 Å². The summed E-state index contributed by atoms with van der Waals surface area (Å²) in [7, 11) is 1.71. The van der Waals surface area contributed by atoms with Crippen LogP contribution in [-0.4, -0.2) is 65.0 Å². The summed E-state index contributed by atoms with van der Waals surface area (Å²) in [4.78, 5) is 37.5. The number of carbonyl (C=O) groups excluding carboxylic acids is 2. The van der Waals surface area contributed by atoms with Gasteiger partial charge in [0.15, 0.2) is 0 Å². The van der Waals surface area contributed by atoms with Gasteiger partial charge in [0.1, 0.15) is 6.04 Å². The number of carbonyl (C=O) groups is 3. The smallest absolute Gasteiger partial charge is 0.318 e. The first-order valence-electron chi connectivity index (χ1n) is 6.53. The summed E-state index contributed by atoms with van der Waals surface area (Å²) in [6.45, 7) is 0.838. The van der Waals surface area contributed by atoms with Crippen molar-refractivity contribution in [3.05, 3.63) is 0 Å². The minimum Gasteiger partial charge on any atom is -0.481 e. The minimum atomic E-state index is -0.921. The van der Waals surface area contributed by atoms with E-state index in [1.165, 1.54) is 0 Å². The van der Waals surface area contributed by atoms with Crippen LogP contribution in [0.3, 0.4) is 0 Å². The van der Waals surface area contributed by atoms with E-state index in [1.807, 2.05) is 0 Å². The highest BCUT2D eigenvalue weighted by molar-refractivity contribution is 5.88. The fourth-order valence-corrected chi connectivity index (χ4v) is 2.24. The van der Waals surface area contributed by atoms with Crippen LogP contribution < -0.4 is 5.32 Å². The Bertz CT molecular complexity index is 394.